The van der Waals surface area contributed by atoms with Crippen molar-refractivity contribution in [1.82, 2.24) is 25.5 Å². The Kier molecular flexibility index (Phi) is 7.97. The van der Waals surface area contributed by atoms with Gasteiger partial charge in [0.15, 0.2) is 5.78 Å². The molecule has 3 N–H and O–H groups in total. The molecule has 1 aromatic carbocycles. The molecule has 5 rings (SSSR count). The SMILES string of the molecule is CC[C@@]1(CC(=O)CNC(=O)CNC(=O)CNC(=O)C(F)(F)F)C(=O)OCc2c1cc1n(c2=O)Cc2cc3ccccc3nc2-1. The van der Waals surface area contributed by atoms with Crippen LogP contribution in [0.3, 0.4) is 0 Å². The van der Waals surface area contributed by atoms with Gasteiger partial charge in [0.25, 0.3) is 5.56 Å². The summed E-state index contributed by atoms with van der Waals surface area (Å²) in [5, 5.41) is 6.58. The maximum Gasteiger partial charge on any atom is 0.471 e. The van der Waals surface area contributed by atoms with Gasteiger partial charge >= 0.3 is 18.1 Å². The van der Waals surface area contributed by atoms with E-state index in [-0.39, 0.29) is 30.7 Å². The van der Waals surface area contributed by atoms with Gasteiger partial charge in [-0.3, -0.25) is 28.8 Å². The first-order chi connectivity index (χ1) is 20.8. The van der Waals surface area contributed by atoms with E-state index in [4.69, 9.17) is 9.72 Å². The Morgan fingerprint density at radius 3 is 2.39 bits per heavy atom. The van der Waals surface area contributed by atoms with Crippen LogP contribution >= 0.6 is 0 Å². The highest BCUT2D eigenvalue weighted by Crippen LogP contribution is 2.42. The third kappa shape index (κ3) is 5.64. The maximum atomic E-state index is 13.6. The van der Waals surface area contributed by atoms with E-state index in [2.05, 4.69) is 5.32 Å². The number of esters is 1. The number of rotatable bonds is 9. The molecule has 2 aromatic heterocycles. The summed E-state index contributed by atoms with van der Waals surface area (Å²) in [6.07, 6.45) is -5.45. The molecule has 2 aliphatic heterocycles. The summed E-state index contributed by atoms with van der Waals surface area (Å²) in [6.45, 7) is -0.510. The van der Waals surface area contributed by atoms with E-state index in [1.165, 1.54) is 5.32 Å². The lowest BCUT2D eigenvalue weighted by Gasteiger charge is -2.36. The highest BCUT2D eigenvalue weighted by Gasteiger charge is 2.48. The van der Waals surface area contributed by atoms with Crippen LogP contribution in [0.25, 0.3) is 22.3 Å². The Hall–Kier alpha value is -5.08. The largest absolute Gasteiger partial charge is 0.471 e. The molecule has 0 unspecified atom stereocenters. The van der Waals surface area contributed by atoms with E-state index in [1.807, 2.05) is 35.6 Å². The Labute approximate surface area is 247 Å². The number of carbonyl (C=O) groups is 5. The van der Waals surface area contributed by atoms with Crippen molar-refractivity contribution in [2.45, 2.75) is 44.5 Å². The summed E-state index contributed by atoms with van der Waals surface area (Å²) in [6, 6.07) is 11.2. The Bertz CT molecular complexity index is 1790. The number of ketones is 1. The Balaban J connectivity index is 1.30. The van der Waals surface area contributed by atoms with Crippen molar-refractivity contribution in [2.75, 3.05) is 19.6 Å². The summed E-state index contributed by atoms with van der Waals surface area (Å²) in [5.74, 6) is -5.46. The molecule has 0 saturated heterocycles. The highest BCUT2D eigenvalue weighted by molar-refractivity contribution is 5.96. The number of fused-ring (bicyclic) bond motifs is 5. The van der Waals surface area contributed by atoms with E-state index in [9.17, 15) is 41.9 Å². The lowest BCUT2D eigenvalue weighted by Crippen LogP contribution is -2.48. The first-order valence-electron chi connectivity index (χ1n) is 13.6. The molecule has 3 aromatic rings. The molecule has 0 bridgehead atoms. The summed E-state index contributed by atoms with van der Waals surface area (Å²) in [4.78, 5) is 79.2. The average molecular weight is 614 g/mol. The van der Waals surface area contributed by atoms with Crippen LogP contribution in [0.15, 0.2) is 41.2 Å². The van der Waals surface area contributed by atoms with Gasteiger partial charge in [0.2, 0.25) is 11.8 Å². The van der Waals surface area contributed by atoms with Crippen LogP contribution in [0.2, 0.25) is 0 Å². The number of amides is 3. The van der Waals surface area contributed by atoms with Crippen LogP contribution in [0.5, 0.6) is 0 Å². The quantitative estimate of drug-likeness (QED) is 0.235. The topological polar surface area (TPSA) is 166 Å². The molecule has 2 aliphatic rings. The monoisotopic (exact) mass is 613 g/mol. The molecule has 3 amide bonds. The third-order valence-electron chi connectivity index (χ3n) is 7.73. The molecule has 0 spiro atoms. The van der Waals surface area contributed by atoms with Gasteiger partial charge in [-0.25, -0.2) is 4.98 Å². The fourth-order valence-electron chi connectivity index (χ4n) is 5.46. The fraction of sp³-hybridized carbons (Fsp3) is 0.345. The Morgan fingerprint density at radius 2 is 1.68 bits per heavy atom. The van der Waals surface area contributed by atoms with E-state index in [0.29, 0.717) is 17.0 Å². The second-order valence-electron chi connectivity index (χ2n) is 10.5. The van der Waals surface area contributed by atoms with Crippen molar-refractivity contribution in [2.24, 2.45) is 0 Å². The van der Waals surface area contributed by atoms with E-state index in [0.717, 1.165) is 16.5 Å². The number of nitrogens with zero attached hydrogens (tertiary/aromatic N) is 2. The zero-order valence-electron chi connectivity index (χ0n) is 23.3. The molecule has 230 valence electrons. The molecule has 0 aliphatic carbocycles. The number of cyclic esters (lactones) is 1. The Morgan fingerprint density at radius 1 is 1.00 bits per heavy atom. The molecule has 44 heavy (non-hydrogen) atoms. The van der Waals surface area contributed by atoms with Crippen molar-refractivity contribution >= 4 is 40.4 Å². The minimum absolute atomic E-state index is 0.110. The molecule has 0 radical (unpaired) electrons. The fourth-order valence-corrected chi connectivity index (χ4v) is 5.46. The number of nitrogens with one attached hydrogen (secondary N) is 3. The summed E-state index contributed by atoms with van der Waals surface area (Å²) >= 11 is 0. The number of para-hydroxylation sites is 1. The summed E-state index contributed by atoms with van der Waals surface area (Å²) < 4.78 is 43.6. The first-order valence-corrected chi connectivity index (χ1v) is 13.6. The van der Waals surface area contributed by atoms with Crippen LogP contribution in [-0.2, 0) is 47.3 Å². The van der Waals surface area contributed by atoms with E-state index < -0.39 is 67.1 Å². The smallest absolute Gasteiger partial charge is 0.460 e. The number of aromatic nitrogens is 2. The lowest BCUT2D eigenvalue weighted by atomic mass is 9.71. The molecular weight excluding hydrogens is 587 g/mol. The standard InChI is InChI=1S/C29H26F3N5O7/c1-2-28(9-17(38)10-33-22(39)11-34-23(40)12-35-26(42)29(30,31)32)19-8-21-24-16(7-15-5-3-4-6-20(15)36-24)13-37(21)25(41)18(19)14-44-27(28)43/h3-8H,2,9-14H2,1H3,(H,33,39)(H,34,40)(H,35,42)/t28-/m0/s1. The minimum atomic E-state index is -5.16. The molecular formula is C29H26F3N5O7. The molecule has 12 nitrogen and oxygen atoms in total. The van der Waals surface area contributed by atoms with E-state index in [1.54, 1.807) is 17.6 Å². The van der Waals surface area contributed by atoms with Crippen LogP contribution in [0, 0.1) is 0 Å². The highest BCUT2D eigenvalue weighted by atomic mass is 19.4. The van der Waals surface area contributed by atoms with Gasteiger partial charge < -0.3 is 25.3 Å². The van der Waals surface area contributed by atoms with Gasteiger partial charge in [-0.15, -0.1) is 0 Å². The lowest BCUT2D eigenvalue weighted by molar-refractivity contribution is -0.173. The van der Waals surface area contributed by atoms with Crippen LogP contribution in [-0.4, -0.2) is 64.8 Å². The summed E-state index contributed by atoms with van der Waals surface area (Å²) in [5.41, 5.74) is 1.45. The number of Topliss-reactive ketones (excluding diaryl/α,β-unsaturated/α-hetero) is 1. The number of benzene rings is 1. The molecule has 4 heterocycles. The third-order valence-corrected chi connectivity index (χ3v) is 7.73. The van der Waals surface area contributed by atoms with Gasteiger partial charge in [-0.05, 0) is 30.2 Å². The normalized spacial score (nSPS) is 16.8. The number of carbonyl (C=O) groups excluding carboxylic acids is 5. The van der Waals surface area contributed by atoms with Crippen molar-refractivity contribution in [1.29, 1.82) is 0 Å². The zero-order chi connectivity index (χ0) is 31.8. The number of halogens is 3. The molecule has 0 fully saturated rings. The summed E-state index contributed by atoms with van der Waals surface area (Å²) in [7, 11) is 0. The van der Waals surface area contributed by atoms with Gasteiger partial charge in [-0.1, -0.05) is 25.1 Å². The van der Waals surface area contributed by atoms with Gasteiger partial charge in [0.1, 0.15) is 12.0 Å². The minimum Gasteiger partial charge on any atom is -0.460 e. The van der Waals surface area contributed by atoms with Crippen LogP contribution < -0.4 is 21.5 Å². The molecule has 1 atom stereocenters. The number of hydrogen-bond acceptors (Lipinski definition) is 8. The van der Waals surface area contributed by atoms with Crippen molar-refractivity contribution in [3.63, 3.8) is 0 Å². The van der Waals surface area contributed by atoms with Crippen LogP contribution in [0.1, 0.15) is 36.5 Å². The van der Waals surface area contributed by atoms with Crippen LogP contribution in [0.4, 0.5) is 13.2 Å². The number of ether oxygens (including phenoxy) is 1. The predicted molar refractivity (Wildman–Crippen MR) is 147 cm³/mol. The number of alkyl halides is 3. The van der Waals surface area contributed by atoms with Gasteiger partial charge in [0.05, 0.1) is 48.6 Å². The number of hydrogen-bond donors (Lipinski definition) is 3. The van der Waals surface area contributed by atoms with Gasteiger partial charge in [0, 0.05) is 17.4 Å². The maximum absolute atomic E-state index is 13.6. The van der Waals surface area contributed by atoms with Crippen molar-refractivity contribution in [3.05, 3.63) is 63.4 Å². The predicted octanol–water partition coefficient (Wildman–Crippen LogP) is 1.000. The molecule has 0 saturated carbocycles. The average Bonchev–Trinajstić information content (AvgIpc) is 3.35. The second-order valence-corrected chi connectivity index (χ2v) is 10.5. The number of pyridine rings is 2. The van der Waals surface area contributed by atoms with Crippen molar-refractivity contribution < 1.29 is 41.9 Å². The van der Waals surface area contributed by atoms with Gasteiger partial charge in [-0.2, -0.15) is 13.2 Å². The second kappa shape index (κ2) is 11.5. The zero-order valence-corrected chi connectivity index (χ0v) is 23.3. The first kappa shape index (κ1) is 30.4. The van der Waals surface area contributed by atoms with E-state index >= 15 is 0 Å². The van der Waals surface area contributed by atoms with Crippen molar-refractivity contribution in [3.8, 4) is 11.4 Å². The molecule has 15 heteroatoms.